The zero-order valence-corrected chi connectivity index (χ0v) is 7.90. The van der Waals surface area contributed by atoms with E-state index < -0.39 is 0 Å². The standard InChI is InChI=1S/C11H12N2O/c14-8-4-5-10-9(7-8)12-11-3-1-2-6-13(10)11/h4-5,7,14H,1-3,6H2. The number of phenolic OH excluding ortho intramolecular Hbond substituents is 1. The molecule has 0 saturated heterocycles. The molecule has 1 aliphatic rings. The number of aromatic hydroxyl groups is 1. The summed E-state index contributed by atoms with van der Waals surface area (Å²) in [5.41, 5.74) is 2.07. The normalized spacial score (nSPS) is 15.7. The summed E-state index contributed by atoms with van der Waals surface area (Å²) in [7, 11) is 0. The Morgan fingerprint density at radius 2 is 2.21 bits per heavy atom. The molecule has 0 aliphatic carbocycles. The van der Waals surface area contributed by atoms with Crippen LogP contribution in [-0.4, -0.2) is 14.7 Å². The zero-order valence-electron chi connectivity index (χ0n) is 7.90. The summed E-state index contributed by atoms with van der Waals surface area (Å²) in [6.45, 7) is 1.07. The predicted molar refractivity (Wildman–Crippen MR) is 54.3 cm³/mol. The largest absolute Gasteiger partial charge is 0.508 e. The average molecular weight is 188 g/mol. The number of benzene rings is 1. The third-order valence-corrected chi connectivity index (χ3v) is 2.84. The van der Waals surface area contributed by atoms with Gasteiger partial charge in [0.1, 0.15) is 11.6 Å². The molecule has 3 rings (SSSR count). The van der Waals surface area contributed by atoms with E-state index >= 15 is 0 Å². The third kappa shape index (κ3) is 1.02. The molecule has 3 nitrogen and oxygen atoms in total. The molecule has 2 aromatic rings. The van der Waals surface area contributed by atoms with E-state index in [-0.39, 0.29) is 0 Å². The maximum absolute atomic E-state index is 9.34. The van der Waals surface area contributed by atoms with Crippen LogP contribution in [0.5, 0.6) is 5.75 Å². The van der Waals surface area contributed by atoms with Gasteiger partial charge >= 0.3 is 0 Å². The molecule has 1 aromatic carbocycles. The number of rotatable bonds is 0. The highest BCUT2D eigenvalue weighted by molar-refractivity contribution is 5.77. The van der Waals surface area contributed by atoms with Gasteiger partial charge in [-0.3, -0.25) is 0 Å². The van der Waals surface area contributed by atoms with Crippen LogP contribution < -0.4 is 0 Å². The lowest BCUT2D eigenvalue weighted by Gasteiger charge is -2.13. The van der Waals surface area contributed by atoms with Crippen LogP contribution in [0.2, 0.25) is 0 Å². The smallest absolute Gasteiger partial charge is 0.117 e. The Morgan fingerprint density at radius 3 is 3.14 bits per heavy atom. The molecule has 0 atom stereocenters. The molecule has 14 heavy (non-hydrogen) atoms. The molecule has 1 aliphatic heterocycles. The molecule has 1 aromatic heterocycles. The van der Waals surface area contributed by atoms with Gasteiger partial charge in [0.05, 0.1) is 11.0 Å². The Hall–Kier alpha value is -1.51. The van der Waals surface area contributed by atoms with Crippen LogP contribution >= 0.6 is 0 Å². The fraction of sp³-hybridized carbons (Fsp3) is 0.364. The number of nitrogens with zero attached hydrogens (tertiary/aromatic N) is 2. The van der Waals surface area contributed by atoms with E-state index in [0.29, 0.717) is 5.75 Å². The SMILES string of the molecule is Oc1ccc2c(c1)nc1n2CCCC1. The number of hydrogen-bond donors (Lipinski definition) is 1. The van der Waals surface area contributed by atoms with Crippen molar-refractivity contribution in [2.75, 3.05) is 0 Å². The molecule has 1 N–H and O–H groups in total. The first-order valence-electron chi connectivity index (χ1n) is 5.03. The molecule has 0 amide bonds. The van der Waals surface area contributed by atoms with Crippen LogP contribution in [-0.2, 0) is 13.0 Å². The van der Waals surface area contributed by atoms with Crippen LogP contribution in [0.25, 0.3) is 11.0 Å². The number of imidazole rings is 1. The van der Waals surface area contributed by atoms with Crippen LogP contribution in [0.3, 0.4) is 0 Å². The monoisotopic (exact) mass is 188 g/mol. The van der Waals surface area contributed by atoms with E-state index in [4.69, 9.17) is 0 Å². The van der Waals surface area contributed by atoms with Gasteiger partial charge in [-0.05, 0) is 25.0 Å². The third-order valence-electron chi connectivity index (χ3n) is 2.84. The summed E-state index contributed by atoms with van der Waals surface area (Å²) in [6, 6.07) is 5.42. The second-order valence-electron chi connectivity index (χ2n) is 3.81. The minimum absolute atomic E-state index is 0.299. The second-order valence-corrected chi connectivity index (χ2v) is 3.81. The van der Waals surface area contributed by atoms with Crippen molar-refractivity contribution in [1.82, 2.24) is 9.55 Å². The molecule has 2 heterocycles. The van der Waals surface area contributed by atoms with E-state index in [1.54, 1.807) is 12.1 Å². The fourth-order valence-electron chi connectivity index (χ4n) is 2.16. The second kappa shape index (κ2) is 2.74. The quantitative estimate of drug-likeness (QED) is 0.687. The highest BCUT2D eigenvalue weighted by Gasteiger charge is 2.14. The van der Waals surface area contributed by atoms with Crippen molar-refractivity contribution in [1.29, 1.82) is 0 Å². The lowest BCUT2D eigenvalue weighted by atomic mass is 10.2. The van der Waals surface area contributed by atoms with E-state index in [2.05, 4.69) is 9.55 Å². The number of hydrogen-bond acceptors (Lipinski definition) is 2. The predicted octanol–water partition coefficient (Wildman–Crippen LogP) is 2.08. The topological polar surface area (TPSA) is 38.1 Å². The van der Waals surface area contributed by atoms with Crippen molar-refractivity contribution in [3.8, 4) is 5.75 Å². The maximum atomic E-state index is 9.34. The Morgan fingerprint density at radius 1 is 1.29 bits per heavy atom. The summed E-state index contributed by atoms with van der Waals surface area (Å²) in [4.78, 5) is 4.52. The first-order chi connectivity index (χ1) is 6.84. The first-order valence-corrected chi connectivity index (χ1v) is 5.03. The summed E-state index contributed by atoms with van der Waals surface area (Å²) in [5.74, 6) is 1.46. The van der Waals surface area contributed by atoms with E-state index in [1.807, 2.05) is 6.07 Å². The lowest BCUT2D eigenvalue weighted by Crippen LogP contribution is -2.09. The van der Waals surface area contributed by atoms with Crippen molar-refractivity contribution >= 4 is 11.0 Å². The molecule has 0 fully saturated rings. The number of aromatic nitrogens is 2. The number of aryl methyl sites for hydroxylation is 2. The van der Waals surface area contributed by atoms with Gasteiger partial charge in [-0.25, -0.2) is 4.98 Å². The summed E-state index contributed by atoms with van der Waals surface area (Å²) in [5, 5.41) is 9.34. The van der Waals surface area contributed by atoms with Crippen LogP contribution in [0.15, 0.2) is 18.2 Å². The Kier molecular flexibility index (Phi) is 1.54. The minimum Gasteiger partial charge on any atom is -0.508 e. The van der Waals surface area contributed by atoms with Gasteiger partial charge in [0.2, 0.25) is 0 Å². The molecule has 0 bridgehead atoms. The molecular formula is C11H12N2O. The average Bonchev–Trinajstić information content (AvgIpc) is 2.54. The van der Waals surface area contributed by atoms with E-state index in [9.17, 15) is 5.11 Å². The van der Waals surface area contributed by atoms with Crippen molar-refractivity contribution in [3.05, 3.63) is 24.0 Å². The molecule has 0 unspecified atom stereocenters. The van der Waals surface area contributed by atoms with Crippen molar-refractivity contribution < 1.29 is 5.11 Å². The van der Waals surface area contributed by atoms with Gasteiger partial charge in [0, 0.05) is 19.0 Å². The van der Waals surface area contributed by atoms with Crippen LogP contribution in [0.4, 0.5) is 0 Å². The van der Waals surface area contributed by atoms with Crippen molar-refractivity contribution in [2.24, 2.45) is 0 Å². The zero-order chi connectivity index (χ0) is 9.54. The first kappa shape index (κ1) is 7.85. The minimum atomic E-state index is 0.299. The lowest BCUT2D eigenvalue weighted by molar-refractivity contribution is 0.476. The van der Waals surface area contributed by atoms with Gasteiger partial charge in [-0.15, -0.1) is 0 Å². The van der Waals surface area contributed by atoms with Crippen molar-refractivity contribution in [3.63, 3.8) is 0 Å². The Bertz CT molecular complexity index is 487. The van der Waals surface area contributed by atoms with Gasteiger partial charge < -0.3 is 9.67 Å². The molecular weight excluding hydrogens is 176 g/mol. The molecule has 0 spiro atoms. The van der Waals surface area contributed by atoms with Gasteiger partial charge in [0.25, 0.3) is 0 Å². The summed E-state index contributed by atoms with van der Waals surface area (Å²) in [6.07, 6.45) is 3.53. The van der Waals surface area contributed by atoms with Gasteiger partial charge in [-0.1, -0.05) is 0 Å². The number of phenols is 1. The van der Waals surface area contributed by atoms with Crippen molar-refractivity contribution in [2.45, 2.75) is 25.8 Å². The molecule has 3 heteroatoms. The Labute approximate surface area is 82.0 Å². The Balaban J connectivity index is 2.31. The summed E-state index contributed by atoms with van der Waals surface area (Å²) < 4.78 is 2.26. The van der Waals surface area contributed by atoms with Gasteiger partial charge in [-0.2, -0.15) is 0 Å². The number of fused-ring (bicyclic) bond motifs is 3. The van der Waals surface area contributed by atoms with Crippen LogP contribution in [0, 0.1) is 0 Å². The van der Waals surface area contributed by atoms with E-state index in [0.717, 1.165) is 29.8 Å². The maximum Gasteiger partial charge on any atom is 0.117 e. The molecule has 72 valence electrons. The van der Waals surface area contributed by atoms with E-state index in [1.165, 1.54) is 12.8 Å². The summed E-state index contributed by atoms with van der Waals surface area (Å²) >= 11 is 0. The van der Waals surface area contributed by atoms with Gasteiger partial charge in [0.15, 0.2) is 0 Å². The fourth-order valence-corrected chi connectivity index (χ4v) is 2.16. The van der Waals surface area contributed by atoms with Crippen LogP contribution in [0.1, 0.15) is 18.7 Å². The highest BCUT2D eigenvalue weighted by atomic mass is 16.3. The molecule has 0 saturated carbocycles. The highest BCUT2D eigenvalue weighted by Crippen LogP contribution is 2.24. The molecule has 0 radical (unpaired) electrons.